The van der Waals surface area contributed by atoms with Crippen LogP contribution < -0.4 is 5.32 Å². The Labute approximate surface area is 170 Å². The first-order valence-electron chi connectivity index (χ1n) is 8.36. The number of carbonyl (C=O) groups is 1. The number of likely N-dealkylation sites (tertiary alicyclic amines) is 1. The van der Waals surface area contributed by atoms with Gasteiger partial charge in [0.1, 0.15) is 5.82 Å². The number of hydrogen-bond acceptors (Lipinski definition) is 4. The number of piperidine rings is 1. The number of nitrogens with one attached hydrogen (secondary N) is 1. The van der Waals surface area contributed by atoms with Crippen LogP contribution in [0.15, 0.2) is 36.5 Å². The van der Waals surface area contributed by atoms with Crippen LogP contribution in [0.2, 0.25) is 5.02 Å². The number of rotatable bonds is 2. The van der Waals surface area contributed by atoms with Gasteiger partial charge in [0.2, 0.25) is 0 Å². The van der Waals surface area contributed by atoms with Gasteiger partial charge in [0.25, 0.3) is 0 Å². The maximum absolute atomic E-state index is 15.3. The fourth-order valence-electron chi connectivity index (χ4n) is 3.14. The Balaban J connectivity index is 0.00000225. The van der Waals surface area contributed by atoms with Crippen LogP contribution in [0.1, 0.15) is 26.0 Å². The average molecular weight is 425 g/mol. The van der Waals surface area contributed by atoms with E-state index < -0.39 is 5.67 Å². The summed E-state index contributed by atoms with van der Waals surface area (Å²) in [6.45, 7) is 0.462. The highest BCUT2D eigenvalue weighted by molar-refractivity contribution is 7.22. The van der Waals surface area contributed by atoms with Gasteiger partial charge in [-0.3, -0.25) is 10.3 Å². The number of aromatic nitrogens is 2. The zero-order chi connectivity index (χ0) is 19.0. The van der Waals surface area contributed by atoms with Gasteiger partial charge in [-0.25, -0.2) is 18.6 Å². The number of benzene rings is 1. The Hall–Kier alpha value is -2.32. The second-order valence-corrected chi connectivity index (χ2v) is 7.79. The van der Waals surface area contributed by atoms with Crippen LogP contribution in [0, 0.1) is 5.82 Å². The molecule has 1 N–H and O–H groups in total. The predicted molar refractivity (Wildman–Crippen MR) is 108 cm³/mol. The molecule has 2 aromatic heterocycles. The van der Waals surface area contributed by atoms with Crippen molar-refractivity contribution in [2.45, 2.75) is 25.9 Å². The fraction of sp³-hybridized carbons (Fsp3) is 0.316. The number of thiazole rings is 1. The molecule has 0 atom stereocenters. The lowest BCUT2D eigenvalue weighted by Crippen LogP contribution is -2.45. The molecule has 148 valence electrons. The minimum Gasteiger partial charge on any atom is -0.324 e. The highest BCUT2D eigenvalue weighted by Gasteiger charge is 2.40. The van der Waals surface area contributed by atoms with Gasteiger partial charge in [0, 0.05) is 32.1 Å². The zero-order valence-electron chi connectivity index (χ0n) is 14.1. The van der Waals surface area contributed by atoms with Crippen molar-refractivity contribution in [3.63, 3.8) is 0 Å². The third kappa shape index (κ3) is 3.93. The summed E-state index contributed by atoms with van der Waals surface area (Å²) in [6, 6.07) is 7.16. The number of carbonyl (C=O) groups excluding carboxylic acids is 1. The molecule has 1 saturated heterocycles. The van der Waals surface area contributed by atoms with Crippen LogP contribution in [0.4, 0.5) is 18.7 Å². The minimum atomic E-state index is -1.65. The number of alkyl halides is 1. The van der Waals surface area contributed by atoms with E-state index in [0.29, 0.717) is 20.4 Å². The number of pyridine rings is 1. The van der Waals surface area contributed by atoms with Crippen LogP contribution in [-0.2, 0) is 5.67 Å². The molecule has 1 aliphatic rings. The van der Waals surface area contributed by atoms with Crippen molar-refractivity contribution in [2.24, 2.45) is 0 Å². The first-order chi connectivity index (χ1) is 12.9. The quantitative estimate of drug-likeness (QED) is 0.581. The predicted octanol–water partition coefficient (Wildman–Crippen LogP) is 5.61. The van der Waals surface area contributed by atoms with E-state index >= 15 is 4.39 Å². The lowest BCUT2D eigenvalue weighted by molar-refractivity contribution is 0.0684. The lowest BCUT2D eigenvalue weighted by atomic mass is 9.89. The summed E-state index contributed by atoms with van der Waals surface area (Å²) in [7, 11) is 0. The fourth-order valence-corrected chi connectivity index (χ4v) is 4.31. The van der Waals surface area contributed by atoms with Crippen molar-refractivity contribution in [3.8, 4) is 0 Å². The van der Waals surface area contributed by atoms with Crippen molar-refractivity contribution in [3.05, 3.63) is 53.1 Å². The number of hydrogen-bond donors (Lipinski definition) is 1. The summed E-state index contributed by atoms with van der Waals surface area (Å²) in [5.41, 5.74) is -0.814. The second-order valence-electron chi connectivity index (χ2n) is 6.35. The summed E-state index contributed by atoms with van der Waals surface area (Å²) < 4.78 is 29.2. The molecule has 0 radical (unpaired) electrons. The molecule has 3 aromatic rings. The molecular formula is C19H19ClF2N4OS. The van der Waals surface area contributed by atoms with E-state index in [2.05, 4.69) is 15.3 Å². The van der Waals surface area contributed by atoms with Gasteiger partial charge in [-0.05, 0) is 30.3 Å². The molecule has 28 heavy (non-hydrogen) atoms. The van der Waals surface area contributed by atoms with Crippen LogP contribution in [0.25, 0.3) is 10.2 Å². The molecule has 2 amide bonds. The van der Waals surface area contributed by atoms with Crippen LogP contribution in [0.5, 0.6) is 0 Å². The number of halogens is 3. The Morgan fingerprint density at radius 1 is 1.29 bits per heavy atom. The average Bonchev–Trinajstić information content (AvgIpc) is 3.03. The normalized spacial score (nSPS) is 15.9. The summed E-state index contributed by atoms with van der Waals surface area (Å²) in [5, 5.41) is 3.38. The van der Waals surface area contributed by atoms with Crippen LogP contribution >= 0.6 is 22.9 Å². The van der Waals surface area contributed by atoms with Gasteiger partial charge >= 0.3 is 6.03 Å². The number of urea groups is 1. The second kappa shape index (κ2) is 7.97. The van der Waals surface area contributed by atoms with E-state index in [4.69, 9.17) is 11.6 Å². The first-order valence-corrected chi connectivity index (χ1v) is 9.56. The summed E-state index contributed by atoms with van der Waals surface area (Å²) >= 11 is 7.27. The molecule has 1 aliphatic heterocycles. The smallest absolute Gasteiger partial charge is 0.323 e. The monoisotopic (exact) mass is 424 g/mol. The first kappa shape index (κ1) is 20.4. The Morgan fingerprint density at radius 3 is 2.75 bits per heavy atom. The van der Waals surface area contributed by atoms with Gasteiger partial charge in [0.15, 0.2) is 10.8 Å². The number of amides is 2. The van der Waals surface area contributed by atoms with E-state index in [0.717, 1.165) is 0 Å². The number of fused-ring (bicyclic) bond motifs is 1. The van der Waals surface area contributed by atoms with Crippen molar-refractivity contribution < 1.29 is 13.6 Å². The summed E-state index contributed by atoms with van der Waals surface area (Å²) in [6.07, 6.45) is 1.74. The summed E-state index contributed by atoms with van der Waals surface area (Å²) in [5.74, 6) is -0.354. The Morgan fingerprint density at radius 2 is 2.04 bits per heavy atom. The maximum atomic E-state index is 15.3. The summed E-state index contributed by atoms with van der Waals surface area (Å²) in [4.78, 5) is 22.3. The van der Waals surface area contributed by atoms with Crippen LogP contribution in [-0.4, -0.2) is 34.0 Å². The molecule has 3 heterocycles. The molecule has 0 spiro atoms. The highest BCUT2D eigenvalue weighted by Crippen LogP contribution is 2.39. The molecule has 9 heteroatoms. The van der Waals surface area contributed by atoms with E-state index in [1.807, 2.05) is 0 Å². The standard InChI is InChI=1S/C18H15ClF2N4OS.CH4/c19-12-2-1-7-22-15(12)18(21)5-8-25(9-6-18)17(26)24-16-23-13-4-3-11(20)10-14(13)27-16;/h1-4,7,10H,5-6,8-9H2,(H,23,24,26);1H4. The van der Waals surface area contributed by atoms with Crippen molar-refractivity contribution in [1.82, 2.24) is 14.9 Å². The van der Waals surface area contributed by atoms with Gasteiger partial charge in [-0.15, -0.1) is 0 Å². The Bertz CT molecular complexity index is 1000. The third-order valence-electron chi connectivity index (χ3n) is 4.59. The molecule has 0 unspecified atom stereocenters. The molecule has 0 bridgehead atoms. The van der Waals surface area contributed by atoms with Gasteiger partial charge in [-0.2, -0.15) is 0 Å². The molecule has 5 nitrogen and oxygen atoms in total. The maximum Gasteiger partial charge on any atom is 0.323 e. The van der Waals surface area contributed by atoms with Gasteiger partial charge < -0.3 is 4.90 Å². The van der Waals surface area contributed by atoms with Crippen LogP contribution in [0.3, 0.4) is 0 Å². The Kier molecular flexibility index (Phi) is 5.81. The van der Waals surface area contributed by atoms with Gasteiger partial charge in [0.05, 0.1) is 20.9 Å². The topological polar surface area (TPSA) is 58.1 Å². The largest absolute Gasteiger partial charge is 0.324 e. The molecule has 1 fully saturated rings. The van der Waals surface area contributed by atoms with Crippen molar-refractivity contribution >= 4 is 44.3 Å². The minimum absolute atomic E-state index is 0. The lowest BCUT2D eigenvalue weighted by Gasteiger charge is -2.36. The van der Waals surface area contributed by atoms with E-state index in [9.17, 15) is 9.18 Å². The van der Waals surface area contributed by atoms with Crippen molar-refractivity contribution in [1.29, 1.82) is 0 Å². The molecule has 0 aliphatic carbocycles. The van der Waals surface area contributed by atoms with E-state index in [1.165, 1.54) is 34.6 Å². The molecule has 4 rings (SSSR count). The molecule has 1 aromatic carbocycles. The van der Waals surface area contributed by atoms with Gasteiger partial charge in [-0.1, -0.05) is 30.4 Å². The highest BCUT2D eigenvalue weighted by atomic mass is 35.5. The van der Waals surface area contributed by atoms with Crippen molar-refractivity contribution in [2.75, 3.05) is 18.4 Å². The zero-order valence-corrected chi connectivity index (χ0v) is 15.7. The third-order valence-corrected chi connectivity index (χ3v) is 5.83. The number of nitrogens with zero attached hydrogens (tertiary/aromatic N) is 3. The molecule has 0 saturated carbocycles. The SMILES string of the molecule is C.O=C(Nc1nc2ccc(F)cc2s1)N1CCC(F)(c2ncccc2Cl)CC1. The van der Waals surface area contributed by atoms with E-state index in [1.54, 1.807) is 18.2 Å². The number of anilines is 1. The van der Waals surface area contributed by atoms with E-state index in [-0.39, 0.29) is 50.9 Å². The molecular weight excluding hydrogens is 406 g/mol.